The maximum absolute atomic E-state index is 12.5. The van der Waals surface area contributed by atoms with Crippen molar-refractivity contribution in [2.24, 2.45) is 10.7 Å². The summed E-state index contributed by atoms with van der Waals surface area (Å²) >= 11 is 0. The Balaban J connectivity index is 1.55. The molecule has 0 atom stereocenters. The summed E-state index contributed by atoms with van der Waals surface area (Å²) < 4.78 is 0. The van der Waals surface area contributed by atoms with Gasteiger partial charge in [0.15, 0.2) is 5.96 Å². The summed E-state index contributed by atoms with van der Waals surface area (Å²) in [4.78, 5) is 30.1. The number of nitrogens with zero attached hydrogens (tertiary/aromatic N) is 2. The summed E-state index contributed by atoms with van der Waals surface area (Å²) in [7, 11) is 0. The molecule has 1 aromatic carbocycles. The number of aliphatic imine (C=N–C) groups is 1. The van der Waals surface area contributed by atoms with Crippen molar-refractivity contribution >= 4 is 23.6 Å². The first-order chi connectivity index (χ1) is 12.0. The third kappa shape index (κ3) is 3.60. The van der Waals surface area contributed by atoms with Gasteiger partial charge in [-0.25, -0.2) is 4.79 Å². The van der Waals surface area contributed by atoms with Crippen LogP contribution >= 0.6 is 0 Å². The number of anilines is 1. The van der Waals surface area contributed by atoms with Crippen molar-refractivity contribution in [2.75, 3.05) is 18.4 Å². The summed E-state index contributed by atoms with van der Waals surface area (Å²) in [6.07, 6.45) is 4.36. The molecule has 3 amide bonds. The van der Waals surface area contributed by atoms with Gasteiger partial charge in [0, 0.05) is 5.69 Å². The van der Waals surface area contributed by atoms with Gasteiger partial charge in [-0.3, -0.25) is 14.7 Å². The molecule has 2 aliphatic rings. The Kier molecular flexibility index (Phi) is 4.92. The molecule has 1 aliphatic heterocycles. The maximum atomic E-state index is 12.5. The molecular weight excluding hydrogens is 318 g/mol. The van der Waals surface area contributed by atoms with E-state index in [-0.39, 0.29) is 31.0 Å². The van der Waals surface area contributed by atoms with Crippen LogP contribution in [0.15, 0.2) is 29.3 Å². The summed E-state index contributed by atoms with van der Waals surface area (Å²) in [5, 5.41) is 5.90. The summed E-state index contributed by atoms with van der Waals surface area (Å²) in [6, 6.07) is 7.63. The van der Waals surface area contributed by atoms with E-state index in [1.165, 1.54) is 10.5 Å². The quantitative estimate of drug-likeness (QED) is 0.431. The molecule has 1 aliphatic carbocycles. The van der Waals surface area contributed by atoms with Crippen LogP contribution in [0.2, 0.25) is 0 Å². The first-order valence-corrected chi connectivity index (χ1v) is 8.84. The van der Waals surface area contributed by atoms with Crippen LogP contribution in [0.4, 0.5) is 10.5 Å². The lowest BCUT2D eigenvalue weighted by molar-refractivity contribution is -0.131. The molecule has 3 rings (SSSR count). The molecule has 25 heavy (non-hydrogen) atoms. The smallest absolute Gasteiger partial charge is 0.325 e. The highest BCUT2D eigenvalue weighted by Crippen LogP contribution is 2.34. The van der Waals surface area contributed by atoms with E-state index in [1.54, 1.807) is 0 Å². The summed E-state index contributed by atoms with van der Waals surface area (Å²) in [5.41, 5.74) is 7.32. The van der Waals surface area contributed by atoms with E-state index in [1.807, 2.05) is 18.2 Å². The minimum Gasteiger partial charge on any atom is -0.370 e. The van der Waals surface area contributed by atoms with Crippen LogP contribution in [0.1, 0.15) is 38.2 Å². The molecule has 1 saturated heterocycles. The molecular formula is C18H25N5O2. The Bertz CT molecular complexity index is 694. The predicted molar refractivity (Wildman–Crippen MR) is 97.4 cm³/mol. The Morgan fingerprint density at radius 3 is 2.84 bits per heavy atom. The number of urea groups is 1. The average molecular weight is 343 g/mol. The first-order valence-electron chi connectivity index (χ1n) is 8.84. The lowest BCUT2D eigenvalue weighted by atomic mass is 9.98. The predicted octanol–water partition coefficient (Wildman–Crippen LogP) is 1.84. The van der Waals surface area contributed by atoms with Crippen LogP contribution in [-0.2, 0) is 11.2 Å². The van der Waals surface area contributed by atoms with Gasteiger partial charge in [-0.1, -0.05) is 31.9 Å². The summed E-state index contributed by atoms with van der Waals surface area (Å²) in [5.74, 6) is 0.156. The highest BCUT2D eigenvalue weighted by molar-refractivity contribution is 6.07. The molecule has 0 aromatic heterocycles. The number of imide groups is 1. The highest BCUT2D eigenvalue weighted by Gasteiger charge is 2.52. The highest BCUT2D eigenvalue weighted by atomic mass is 16.2. The van der Waals surface area contributed by atoms with E-state index in [4.69, 9.17) is 5.73 Å². The molecule has 134 valence electrons. The van der Waals surface area contributed by atoms with Crippen molar-refractivity contribution in [3.05, 3.63) is 29.8 Å². The number of aryl methyl sites for hydroxylation is 1. The molecule has 7 nitrogen and oxygen atoms in total. The van der Waals surface area contributed by atoms with Crippen LogP contribution < -0.4 is 16.4 Å². The van der Waals surface area contributed by atoms with Gasteiger partial charge in [0.25, 0.3) is 5.91 Å². The van der Waals surface area contributed by atoms with E-state index < -0.39 is 5.54 Å². The van der Waals surface area contributed by atoms with Crippen LogP contribution in [0.5, 0.6) is 0 Å². The molecule has 0 radical (unpaired) electrons. The SMILES string of the molecule is CCc1cccc(NC(N)=NCCN2C(=O)NC3(CCCC3)C2=O)c1. The topological polar surface area (TPSA) is 99.8 Å². The van der Waals surface area contributed by atoms with E-state index in [9.17, 15) is 9.59 Å². The Labute approximate surface area is 147 Å². The number of guanidine groups is 1. The molecule has 0 unspecified atom stereocenters. The molecule has 1 saturated carbocycles. The zero-order valence-corrected chi connectivity index (χ0v) is 14.5. The van der Waals surface area contributed by atoms with Gasteiger partial charge in [0.2, 0.25) is 0 Å². The van der Waals surface area contributed by atoms with Crippen LogP contribution in [0.3, 0.4) is 0 Å². The number of nitrogens with two attached hydrogens (primary N) is 1. The fourth-order valence-corrected chi connectivity index (χ4v) is 3.52. The third-order valence-corrected chi connectivity index (χ3v) is 4.92. The maximum Gasteiger partial charge on any atom is 0.325 e. The molecule has 7 heteroatoms. The number of nitrogens with one attached hydrogen (secondary N) is 2. The van der Waals surface area contributed by atoms with Crippen molar-refractivity contribution in [3.63, 3.8) is 0 Å². The van der Waals surface area contributed by atoms with E-state index in [0.29, 0.717) is 0 Å². The lowest BCUT2D eigenvalue weighted by Crippen LogP contribution is -2.44. The minimum absolute atomic E-state index is 0.118. The first kappa shape index (κ1) is 17.3. The van der Waals surface area contributed by atoms with Gasteiger partial charge in [-0.05, 0) is 37.0 Å². The zero-order valence-electron chi connectivity index (χ0n) is 14.5. The van der Waals surface area contributed by atoms with Crippen LogP contribution in [0.25, 0.3) is 0 Å². The normalized spacial score (nSPS) is 19.6. The van der Waals surface area contributed by atoms with Gasteiger partial charge < -0.3 is 16.4 Å². The second kappa shape index (κ2) is 7.13. The van der Waals surface area contributed by atoms with Crippen molar-refractivity contribution in [2.45, 2.75) is 44.6 Å². The van der Waals surface area contributed by atoms with Gasteiger partial charge >= 0.3 is 6.03 Å². The van der Waals surface area contributed by atoms with E-state index in [0.717, 1.165) is 37.8 Å². The van der Waals surface area contributed by atoms with E-state index in [2.05, 4.69) is 28.6 Å². The molecule has 2 fully saturated rings. The molecule has 1 spiro atoms. The fraction of sp³-hybridized carbons (Fsp3) is 0.500. The van der Waals surface area contributed by atoms with Crippen LogP contribution in [-0.4, -0.2) is 41.4 Å². The second-order valence-electron chi connectivity index (χ2n) is 6.62. The molecule has 0 bridgehead atoms. The lowest BCUT2D eigenvalue weighted by Gasteiger charge is -2.19. The number of amides is 3. The van der Waals surface area contributed by atoms with Crippen molar-refractivity contribution < 1.29 is 9.59 Å². The van der Waals surface area contributed by atoms with Crippen molar-refractivity contribution in [3.8, 4) is 0 Å². The number of hydrogen-bond acceptors (Lipinski definition) is 3. The van der Waals surface area contributed by atoms with Crippen LogP contribution in [0, 0.1) is 0 Å². The Morgan fingerprint density at radius 2 is 2.12 bits per heavy atom. The monoisotopic (exact) mass is 343 g/mol. The van der Waals surface area contributed by atoms with Crippen molar-refractivity contribution in [1.29, 1.82) is 0 Å². The number of carbonyl (C=O) groups excluding carboxylic acids is 2. The van der Waals surface area contributed by atoms with Gasteiger partial charge in [0.05, 0.1) is 13.1 Å². The average Bonchev–Trinajstić information content (AvgIpc) is 3.15. The standard InChI is InChI=1S/C18H25N5O2/c1-2-13-6-5-7-14(12-13)21-16(19)20-10-11-23-15(24)18(22-17(23)25)8-3-4-9-18/h5-7,12H,2-4,8-11H2,1H3,(H,22,25)(H3,19,20,21). The Hall–Kier alpha value is -2.57. The van der Waals surface area contributed by atoms with Crippen molar-refractivity contribution in [1.82, 2.24) is 10.2 Å². The number of hydrogen-bond donors (Lipinski definition) is 3. The van der Waals surface area contributed by atoms with Gasteiger partial charge in [-0.15, -0.1) is 0 Å². The number of benzene rings is 1. The van der Waals surface area contributed by atoms with Gasteiger partial charge in [-0.2, -0.15) is 0 Å². The number of carbonyl (C=O) groups is 2. The summed E-state index contributed by atoms with van der Waals surface area (Å²) in [6.45, 7) is 2.61. The van der Waals surface area contributed by atoms with E-state index >= 15 is 0 Å². The fourth-order valence-electron chi connectivity index (χ4n) is 3.52. The second-order valence-corrected chi connectivity index (χ2v) is 6.62. The third-order valence-electron chi connectivity index (χ3n) is 4.92. The Morgan fingerprint density at radius 1 is 1.36 bits per heavy atom. The largest absolute Gasteiger partial charge is 0.370 e. The number of rotatable bonds is 5. The zero-order chi connectivity index (χ0) is 17.9. The minimum atomic E-state index is -0.662. The molecule has 1 heterocycles. The molecule has 4 N–H and O–H groups in total. The molecule has 1 aromatic rings. The van der Waals surface area contributed by atoms with Gasteiger partial charge in [0.1, 0.15) is 5.54 Å².